The van der Waals surface area contributed by atoms with Gasteiger partial charge < -0.3 is 48.3 Å². The summed E-state index contributed by atoms with van der Waals surface area (Å²) in [6.45, 7) is 3.68. The number of aliphatic imine (C=N–C) groups is 1. The van der Waals surface area contributed by atoms with Crippen molar-refractivity contribution in [1.82, 2.24) is 25.9 Å². The second-order valence-corrected chi connectivity index (χ2v) is 9.10. The average Bonchev–Trinajstić information content (AvgIpc) is 3.38. The first-order chi connectivity index (χ1) is 18.3. The van der Waals surface area contributed by atoms with Gasteiger partial charge in [0, 0.05) is 31.3 Å². The fraction of sp³-hybridized carbons (Fsp3) is 0.609. The molecule has 16 nitrogen and oxygen atoms in total. The largest absolute Gasteiger partial charge is 0.481 e. The zero-order valence-electron chi connectivity index (χ0n) is 22.1. The number of nitrogens with two attached hydrogens (primary N) is 3. The molecule has 1 aromatic rings. The van der Waals surface area contributed by atoms with Gasteiger partial charge in [0.1, 0.15) is 18.1 Å². The number of nitrogens with one attached hydrogen (secondary N) is 4. The van der Waals surface area contributed by atoms with Crippen LogP contribution < -0.4 is 33.2 Å². The number of hydrogen-bond donors (Lipinski definition) is 9. The van der Waals surface area contributed by atoms with Gasteiger partial charge in [-0.15, -0.1) is 0 Å². The second kappa shape index (κ2) is 16.6. The third-order valence-corrected chi connectivity index (χ3v) is 5.97. The van der Waals surface area contributed by atoms with Gasteiger partial charge >= 0.3 is 11.9 Å². The van der Waals surface area contributed by atoms with Crippen LogP contribution in [0.4, 0.5) is 0 Å². The lowest BCUT2D eigenvalue weighted by Crippen LogP contribution is -2.58. The Hall–Kier alpha value is -4.21. The highest BCUT2D eigenvalue weighted by Crippen LogP contribution is 2.10. The average molecular weight is 554 g/mol. The van der Waals surface area contributed by atoms with Crippen molar-refractivity contribution in [2.45, 2.75) is 76.5 Å². The molecule has 0 aliphatic rings. The van der Waals surface area contributed by atoms with Crippen molar-refractivity contribution in [3.8, 4) is 0 Å². The van der Waals surface area contributed by atoms with Crippen molar-refractivity contribution in [2.24, 2.45) is 28.1 Å². The summed E-state index contributed by atoms with van der Waals surface area (Å²) < 4.78 is 0. The lowest BCUT2D eigenvalue weighted by molar-refractivity contribution is -0.143. The molecule has 0 saturated heterocycles. The molecule has 1 heterocycles. The summed E-state index contributed by atoms with van der Waals surface area (Å²) in [5, 5.41) is 26.1. The van der Waals surface area contributed by atoms with E-state index in [0.29, 0.717) is 18.5 Å². The summed E-state index contributed by atoms with van der Waals surface area (Å²) in [6, 6.07) is -4.83. The summed E-state index contributed by atoms with van der Waals surface area (Å²) in [5.41, 5.74) is 16.9. The normalized spacial score (nSPS) is 14.6. The van der Waals surface area contributed by atoms with Crippen molar-refractivity contribution in [2.75, 3.05) is 6.54 Å². The maximum atomic E-state index is 13.2. The molecule has 16 heteroatoms. The maximum absolute atomic E-state index is 13.2. The minimum Gasteiger partial charge on any atom is -0.481 e. The highest BCUT2D eigenvalue weighted by atomic mass is 16.4. The fourth-order valence-electron chi connectivity index (χ4n) is 3.50. The highest BCUT2D eigenvalue weighted by Gasteiger charge is 2.32. The lowest BCUT2D eigenvalue weighted by atomic mass is 9.98. The molecular formula is C23H39N9O7. The number of carboxylic acids is 2. The summed E-state index contributed by atoms with van der Waals surface area (Å²) in [7, 11) is 0. The lowest BCUT2D eigenvalue weighted by Gasteiger charge is -2.26. The molecule has 0 fully saturated rings. The molecule has 0 bridgehead atoms. The predicted octanol–water partition coefficient (Wildman–Crippen LogP) is -2.22. The van der Waals surface area contributed by atoms with Crippen molar-refractivity contribution in [1.29, 1.82) is 0 Å². The number of aliphatic carboxylic acids is 2. The van der Waals surface area contributed by atoms with Gasteiger partial charge in [-0.1, -0.05) is 20.3 Å². The van der Waals surface area contributed by atoms with E-state index in [0.717, 1.165) is 0 Å². The van der Waals surface area contributed by atoms with Crippen molar-refractivity contribution >= 4 is 35.6 Å². The fourth-order valence-corrected chi connectivity index (χ4v) is 3.50. The van der Waals surface area contributed by atoms with Gasteiger partial charge in [0.15, 0.2) is 5.96 Å². The van der Waals surface area contributed by atoms with Crippen LogP contribution >= 0.6 is 0 Å². The summed E-state index contributed by atoms with van der Waals surface area (Å²) >= 11 is 0. The van der Waals surface area contributed by atoms with E-state index in [2.05, 4.69) is 30.9 Å². The zero-order chi connectivity index (χ0) is 29.5. The first-order valence-corrected chi connectivity index (χ1v) is 12.5. The van der Waals surface area contributed by atoms with Gasteiger partial charge in [-0.05, 0) is 25.2 Å². The van der Waals surface area contributed by atoms with Gasteiger partial charge in [-0.3, -0.25) is 24.2 Å². The molecule has 0 saturated carbocycles. The Morgan fingerprint density at radius 3 is 2.21 bits per heavy atom. The predicted molar refractivity (Wildman–Crippen MR) is 140 cm³/mol. The van der Waals surface area contributed by atoms with E-state index in [9.17, 15) is 29.1 Å². The number of nitrogens with zero attached hydrogens (tertiary/aromatic N) is 2. The van der Waals surface area contributed by atoms with Gasteiger partial charge in [-0.2, -0.15) is 0 Å². The molecule has 1 rings (SSSR count). The monoisotopic (exact) mass is 553 g/mol. The number of H-pyrrole nitrogens is 1. The van der Waals surface area contributed by atoms with Gasteiger partial charge in [0.05, 0.1) is 12.4 Å². The first-order valence-electron chi connectivity index (χ1n) is 12.5. The van der Waals surface area contributed by atoms with Crippen LogP contribution in [0.25, 0.3) is 0 Å². The van der Waals surface area contributed by atoms with Gasteiger partial charge in [0.25, 0.3) is 0 Å². The van der Waals surface area contributed by atoms with Crippen LogP contribution in [0.5, 0.6) is 0 Å². The molecule has 0 radical (unpaired) electrons. The molecule has 0 aromatic carbocycles. The number of guanidine groups is 1. The van der Waals surface area contributed by atoms with E-state index < -0.39 is 66.2 Å². The quantitative estimate of drug-likeness (QED) is 0.0533. The smallest absolute Gasteiger partial charge is 0.326 e. The van der Waals surface area contributed by atoms with Crippen molar-refractivity contribution in [3.05, 3.63) is 18.2 Å². The van der Waals surface area contributed by atoms with E-state index in [4.69, 9.17) is 22.3 Å². The molecule has 0 aliphatic carbocycles. The Kier molecular flexibility index (Phi) is 14.0. The van der Waals surface area contributed by atoms with Crippen LogP contribution in [0, 0.1) is 5.92 Å². The van der Waals surface area contributed by atoms with Crippen molar-refractivity contribution < 1.29 is 34.2 Å². The molecule has 0 aliphatic heterocycles. The Labute approximate surface area is 225 Å². The minimum absolute atomic E-state index is 0.0751. The number of imidazole rings is 1. The third-order valence-electron chi connectivity index (χ3n) is 5.97. The first kappa shape index (κ1) is 32.8. The summed E-state index contributed by atoms with van der Waals surface area (Å²) in [5.74, 6) is -5.25. The molecule has 12 N–H and O–H groups in total. The molecular weight excluding hydrogens is 514 g/mol. The van der Waals surface area contributed by atoms with Crippen LogP contribution in [0.3, 0.4) is 0 Å². The third kappa shape index (κ3) is 12.3. The van der Waals surface area contributed by atoms with Crippen LogP contribution in [-0.4, -0.2) is 86.5 Å². The Morgan fingerprint density at radius 1 is 1.03 bits per heavy atom. The standard InChI is InChI=1S/C23H39N9O7/c1-3-12(2)18(22(38)39)32-21(37)16(9-13-10-27-11-29-13)31-20(36)15(6-7-17(33)34)30-19(35)14(24)5-4-8-28-23(25)26/h10-12,14-16,18H,3-9,24H2,1-2H3,(H,27,29)(H,30,35)(H,31,36)(H,32,37)(H,33,34)(H,38,39)(H4,25,26,28). The number of rotatable bonds is 18. The SMILES string of the molecule is CCC(C)C(NC(=O)C(Cc1cnc[nH]1)NC(=O)C(CCC(=O)O)NC(=O)C(N)CCCN=C(N)N)C(=O)O. The Balaban J connectivity index is 3.04. The number of aromatic amines is 1. The van der Waals surface area contributed by atoms with Crippen molar-refractivity contribution in [3.63, 3.8) is 0 Å². The molecule has 218 valence electrons. The molecule has 39 heavy (non-hydrogen) atoms. The van der Waals surface area contributed by atoms with Crippen LogP contribution in [0.15, 0.2) is 17.5 Å². The van der Waals surface area contributed by atoms with E-state index in [1.54, 1.807) is 13.8 Å². The van der Waals surface area contributed by atoms with E-state index in [1.165, 1.54) is 12.5 Å². The van der Waals surface area contributed by atoms with Crippen LogP contribution in [-0.2, 0) is 30.4 Å². The molecule has 3 amide bonds. The number of amides is 3. The Bertz CT molecular complexity index is 996. The Morgan fingerprint density at radius 2 is 1.67 bits per heavy atom. The van der Waals surface area contributed by atoms with Gasteiger partial charge in [-0.25, -0.2) is 9.78 Å². The zero-order valence-corrected chi connectivity index (χ0v) is 22.1. The molecule has 5 unspecified atom stereocenters. The summed E-state index contributed by atoms with van der Waals surface area (Å²) in [4.78, 5) is 72.3. The number of carbonyl (C=O) groups excluding carboxylic acids is 3. The highest BCUT2D eigenvalue weighted by molar-refractivity contribution is 5.94. The molecule has 0 spiro atoms. The summed E-state index contributed by atoms with van der Waals surface area (Å²) in [6.07, 6.45) is 3.04. The van der Waals surface area contributed by atoms with Gasteiger partial charge in [0.2, 0.25) is 17.7 Å². The van der Waals surface area contributed by atoms with E-state index in [1.807, 2.05) is 0 Å². The van der Waals surface area contributed by atoms with E-state index >= 15 is 0 Å². The number of hydrogen-bond acceptors (Lipinski definition) is 8. The number of carbonyl (C=O) groups is 5. The number of carboxylic acid groups (broad SMARTS) is 2. The number of aromatic nitrogens is 2. The van der Waals surface area contributed by atoms with E-state index in [-0.39, 0.29) is 31.8 Å². The maximum Gasteiger partial charge on any atom is 0.326 e. The molecule has 5 atom stereocenters. The topological polar surface area (TPSA) is 281 Å². The molecule has 1 aromatic heterocycles. The van der Waals surface area contributed by atoms with Crippen LogP contribution in [0.2, 0.25) is 0 Å². The van der Waals surface area contributed by atoms with Crippen LogP contribution in [0.1, 0.15) is 51.6 Å². The minimum atomic E-state index is -1.33. The second-order valence-electron chi connectivity index (χ2n) is 9.10.